The van der Waals surface area contributed by atoms with Crippen molar-refractivity contribution in [2.45, 2.75) is 57.3 Å². The molecule has 1 aliphatic carbocycles. The number of hydrogen-bond donors (Lipinski definition) is 0. The van der Waals surface area contributed by atoms with Gasteiger partial charge in [0.25, 0.3) is 0 Å². The van der Waals surface area contributed by atoms with E-state index in [1.54, 1.807) is 13.8 Å². The molecule has 25 heavy (non-hydrogen) atoms. The highest BCUT2D eigenvalue weighted by molar-refractivity contribution is 7.89. The van der Waals surface area contributed by atoms with Crippen LogP contribution in [0.4, 0.5) is 0 Å². The first kappa shape index (κ1) is 18.5. The SMILES string of the molecule is Cc1nn(C(=O)CC2CCCCC2)c(C)c1S(=O)(=O)N1CCOCC1. The Morgan fingerprint density at radius 1 is 1.16 bits per heavy atom. The molecule has 2 heterocycles. The fourth-order valence-electron chi connectivity index (χ4n) is 3.89. The molecule has 140 valence electrons. The van der Waals surface area contributed by atoms with E-state index in [2.05, 4.69) is 5.10 Å². The first-order valence-electron chi connectivity index (χ1n) is 9.08. The lowest BCUT2D eigenvalue weighted by Gasteiger charge is -2.26. The molecule has 7 nitrogen and oxygen atoms in total. The smallest absolute Gasteiger partial charge is 0.247 e. The monoisotopic (exact) mass is 369 g/mol. The summed E-state index contributed by atoms with van der Waals surface area (Å²) in [5, 5.41) is 4.27. The van der Waals surface area contributed by atoms with Crippen molar-refractivity contribution in [3.63, 3.8) is 0 Å². The van der Waals surface area contributed by atoms with Crippen LogP contribution >= 0.6 is 0 Å². The van der Waals surface area contributed by atoms with Crippen molar-refractivity contribution in [2.75, 3.05) is 26.3 Å². The molecule has 0 radical (unpaired) electrons. The Balaban J connectivity index is 1.83. The average Bonchev–Trinajstić information content (AvgIpc) is 2.92. The van der Waals surface area contributed by atoms with Gasteiger partial charge >= 0.3 is 0 Å². The zero-order chi connectivity index (χ0) is 18.0. The molecule has 0 atom stereocenters. The van der Waals surface area contributed by atoms with Gasteiger partial charge in [0.2, 0.25) is 15.9 Å². The second-order valence-electron chi connectivity index (χ2n) is 7.03. The summed E-state index contributed by atoms with van der Waals surface area (Å²) in [5.41, 5.74) is 0.811. The second-order valence-corrected chi connectivity index (χ2v) is 8.90. The fourth-order valence-corrected chi connectivity index (χ4v) is 5.65. The number of aryl methyl sites for hydroxylation is 1. The van der Waals surface area contributed by atoms with Gasteiger partial charge in [-0.05, 0) is 32.6 Å². The van der Waals surface area contributed by atoms with Crippen LogP contribution in [-0.4, -0.2) is 54.7 Å². The molecule has 8 heteroatoms. The molecular formula is C17H27N3O4S. The topological polar surface area (TPSA) is 81.5 Å². The van der Waals surface area contributed by atoms with Crippen molar-refractivity contribution < 1.29 is 17.9 Å². The molecule has 2 fully saturated rings. The summed E-state index contributed by atoms with van der Waals surface area (Å²) >= 11 is 0. The lowest BCUT2D eigenvalue weighted by atomic mass is 9.87. The minimum atomic E-state index is -3.65. The Morgan fingerprint density at radius 3 is 2.44 bits per heavy atom. The maximum Gasteiger partial charge on any atom is 0.247 e. The average molecular weight is 369 g/mol. The van der Waals surface area contributed by atoms with E-state index in [0.717, 1.165) is 12.8 Å². The van der Waals surface area contributed by atoms with Crippen LogP contribution in [0.15, 0.2) is 4.90 Å². The Bertz CT molecular complexity index is 729. The van der Waals surface area contributed by atoms with Crippen LogP contribution < -0.4 is 0 Å². The summed E-state index contributed by atoms with van der Waals surface area (Å²) < 4.78 is 33.9. The van der Waals surface area contributed by atoms with Gasteiger partial charge in [-0.3, -0.25) is 4.79 Å². The van der Waals surface area contributed by atoms with Crippen molar-refractivity contribution in [3.05, 3.63) is 11.4 Å². The molecule has 0 unspecified atom stereocenters. The van der Waals surface area contributed by atoms with Crippen molar-refractivity contribution in [1.29, 1.82) is 0 Å². The fraction of sp³-hybridized carbons (Fsp3) is 0.765. The van der Waals surface area contributed by atoms with Crippen molar-refractivity contribution in [3.8, 4) is 0 Å². The zero-order valence-corrected chi connectivity index (χ0v) is 15.8. The van der Waals surface area contributed by atoms with Crippen LogP contribution in [-0.2, 0) is 14.8 Å². The number of sulfonamides is 1. The second kappa shape index (κ2) is 7.55. The van der Waals surface area contributed by atoms with Crippen LogP contribution in [0.3, 0.4) is 0 Å². The largest absolute Gasteiger partial charge is 0.379 e. The van der Waals surface area contributed by atoms with Gasteiger partial charge in [0, 0.05) is 19.5 Å². The van der Waals surface area contributed by atoms with Gasteiger partial charge in [0.1, 0.15) is 4.90 Å². The minimum Gasteiger partial charge on any atom is -0.379 e. The van der Waals surface area contributed by atoms with E-state index >= 15 is 0 Å². The summed E-state index contributed by atoms with van der Waals surface area (Å²) in [4.78, 5) is 12.8. The predicted octanol–water partition coefficient (Wildman–Crippen LogP) is 2.13. The first-order chi connectivity index (χ1) is 11.9. The quantitative estimate of drug-likeness (QED) is 0.812. The van der Waals surface area contributed by atoms with E-state index in [1.807, 2.05) is 0 Å². The van der Waals surface area contributed by atoms with Gasteiger partial charge in [0.15, 0.2) is 0 Å². The van der Waals surface area contributed by atoms with E-state index in [1.165, 1.54) is 28.2 Å². The lowest BCUT2D eigenvalue weighted by Crippen LogP contribution is -2.41. The van der Waals surface area contributed by atoms with Gasteiger partial charge in [-0.25, -0.2) is 13.1 Å². The zero-order valence-electron chi connectivity index (χ0n) is 15.0. The number of carbonyl (C=O) groups is 1. The molecule has 1 saturated heterocycles. The van der Waals surface area contributed by atoms with Gasteiger partial charge in [-0.15, -0.1) is 0 Å². The van der Waals surface area contributed by atoms with E-state index < -0.39 is 10.0 Å². The Kier molecular flexibility index (Phi) is 5.60. The standard InChI is InChI=1S/C17H27N3O4S/c1-13-17(25(22,23)19-8-10-24-11-9-19)14(2)20(18-13)16(21)12-15-6-4-3-5-7-15/h15H,3-12H2,1-2H3. The molecule has 2 aliphatic rings. The third-order valence-corrected chi connectivity index (χ3v) is 7.37. The highest BCUT2D eigenvalue weighted by atomic mass is 32.2. The van der Waals surface area contributed by atoms with Gasteiger partial charge in [-0.2, -0.15) is 9.40 Å². The van der Waals surface area contributed by atoms with E-state index in [0.29, 0.717) is 50.0 Å². The highest BCUT2D eigenvalue weighted by Crippen LogP contribution is 2.28. The number of ether oxygens (including phenoxy) is 1. The molecule has 1 aromatic rings. The molecule has 1 aliphatic heterocycles. The number of carbonyl (C=O) groups excluding carboxylic acids is 1. The molecule has 0 amide bonds. The number of hydrogen-bond acceptors (Lipinski definition) is 5. The summed E-state index contributed by atoms with van der Waals surface area (Å²) in [6, 6.07) is 0. The van der Waals surface area contributed by atoms with Crippen LogP contribution in [0.1, 0.15) is 54.7 Å². The van der Waals surface area contributed by atoms with E-state index in [-0.39, 0.29) is 10.8 Å². The van der Waals surface area contributed by atoms with E-state index in [4.69, 9.17) is 4.74 Å². The Labute approximate surface area is 149 Å². The molecular weight excluding hydrogens is 342 g/mol. The first-order valence-corrected chi connectivity index (χ1v) is 10.5. The van der Waals surface area contributed by atoms with Gasteiger partial charge in [0.05, 0.1) is 24.6 Å². The van der Waals surface area contributed by atoms with Crippen molar-refractivity contribution in [1.82, 2.24) is 14.1 Å². The number of rotatable bonds is 4. The summed E-state index contributed by atoms with van der Waals surface area (Å²) in [5.74, 6) is 0.292. The molecule has 3 rings (SSSR count). The van der Waals surface area contributed by atoms with Crippen molar-refractivity contribution >= 4 is 15.9 Å². The predicted molar refractivity (Wildman–Crippen MR) is 93.1 cm³/mol. The summed E-state index contributed by atoms with van der Waals surface area (Å²) in [7, 11) is -3.65. The normalized spacial score (nSPS) is 20.7. The molecule has 1 aromatic heterocycles. The molecule has 0 N–H and O–H groups in total. The summed E-state index contributed by atoms with van der Waals surface area (Å²) in [6.07, 6.45) is 6.18. The summed E-state index contributed by atoms with van der Waals surface area (Å²) in [6.45, 7) is 4.79. The molecule has 1 saturated carbocycles. The van der Waals surface area contributed by atoms with Crippen LogP contribution in [0.2, 0.25) is 0 Å². The van der Waals surface area contributed by atoms with Crippen LogP contribution in [0, 0.1) is 19.8 Å². The molecule has 0 spiro atoms. The van der Waals surface area contributed by atoms with Gasteiger partial charge < -0.3 is 4.74 Å². The van der Waals surface area contributed by atoms with Gasteiger partial charge in [-0.1, -0.05) is 19.3 Å². The molecule has 0 aromatic carbocycles. The third kappa shape index (κ3) is 3.80. The minimum absolute atomic E-state index is 0.101. The molecule has 0 bridgehead atoms. The Hall–Kier alpha value is -1.25. The highest BCUT2D eigenvalue weighted by Gasteiger charge is 2.33. The maximum absolute atomic E-state index is 13.0. The Morgan fingerprint density at radius 2 is 1.80 bits per heavy atom. The van der Waals surface area contributed by atoms with Crippen molar-refractivity contribution in [2.24, 2.45) is 5.92 Å². The lowest BCUT2D eigenvalue weighted by molar-refractivity contribution is 0.0730. The van der Waals surface area contributed by atoms with Crippen LogP contribution in [0.25, 0.3) is 0 Å². The third-order valence-electron chi connectivity index (χ3n) is 5.22. The number of morpholine rings is 1. The number of nitrogens with zero attached hydrogens (tertiary/aromatic N) is 3. The maximum atomic E-state index is 13.0. The van der Waals surface area contributed by atoms with Crippen LogP contribution in [0.5, 0.6) is 0 Å². The number of aromatic nitrogens is 2. The van der Waals surface area contributed by atoms with E-state index in [9.17, 15) is 13.2 Å².